The van der Waals surface area contributed by atoms with Crippen molar-refractivity contribution in [1.29, 1.82) is 0 Å². The molecule has 2 saturated heterocycles. The molecule has 0 saturated carbocycles. The summed E-state index contributed by atoms with van der Waals surface area (Å²) in [5, 5.41) is 3.08. The highest BCUT2D eigenvalue weighted by molar-refractivity contribution is 7.80. The van der Waals surface area contributed by atoms with Gasteiger partial charge in [0, 0.05) is 25.6 Å². The molecule has 1 amide bonds. The highest BCUT2D eigenvalue weighted by atomic mass is 32.1. The Morgan fingerprint density at radius 1 is 1.62 bits per heavy atom. The van der Waals surface area contributed by atoms with Gasteiger partial charge < -0.3 is 11.1 Å². The highest BCUT2D eigenvalue weighted by Crippen LogP contribution is 2.26. The van der Waals surface area contributed by atoms with Crippen molar-refractivity contribution < 1.29 is 4.79 Å². The molecule has 0 aliphatic carbocycles. The monoisotopic (exact) mass is 241 g/mol. The van der Waals surface area contributed by atoms with Crippen LogP contribution in [0.15, 0.2) is 0 Å². The van der Waals surface area contributed by atoms with Crippen molar-refractivity contribution in [2.75, 3.05) is 13.1 Å². The zero-order chi connectivity index (χ0) is 11.7. The van der Waals surface area contributed by atoms with Crippen LogP contribution in [-0.4, -0.2) is 41.0 Å². The first-order valence-electron chi connectivity index (χ1n) is 5.90. The predicted octanol–water partition coefficient (Wildman–Crippen LogP) is 0.261. The number of thiocarbonyl (C=S) groups is 1. The molecule has 2 aliphatic heterocycles. The Hall–Kier alpha value is -0.680. The summed E-state index contributed by atoms with van der Waals surface area (Å²) in [7, 11) is 0. The molecular weight excluding hydrogens is 222 g/mol. The number of nitrogens with one attached hydrogen (secondary N) is 1. The maximum Gasteiger partial charge on any atom is 0.220 e. The van der Waals surface area contributed by atoms with Crippen molar-refractivity contribution in [2.24, 2.45) is 11.7 Å². The van der Waals surface area contributed by atoms with Gasteiger partial charge in [0.25, 0.3) is 0 Å². The van der Waals surface area contributed by atoms with E-state index >= 15 is 0 Å². The van der Waals surface area contributed by atoms with Crippen LogP contribution in [0.1, 0.15) is 26.2 Å². The minimum atomic E-state index is 0.175. The minimum Gasteiger partial charge on any atom is -0.392 e. The summed E-state index contributed by atoms with van der Waals surface area (Å²) in [5.41, 5.74) is 5.68. The Balaban J connectivity index is 1.95. The van der Waals surface area contributed by atoms with E-state index in [2.05, 4.69) is 17.1 Å². The number of hydrogen-bond donors (Lipinski definition) is 2. The van der Waals surface area contributed by atoms with E-state index in [4.69, 9.17) is 18.0 Å². The molecule has 3 atom stereocenters. The maximum atomic E-state index is 11.3. The number of nitrogens with zero attached hydrogens (tertiary/aromatic N) is 1. The number of fused-ring (bicyclic) bond motifs is 1. The number of piperidine rings is 2. The third kappa shape index (κ3) is 2.35. The van der Waals surface area contributed by atoms with E-state index in [0.29, 0.717) is 23.4 Å². The van der Waals surface area contributed by atoms with Gasteiger partial charge in [-0.15, -0.1) is 0 Å². The molecule has 90 valence electrons. The van der Waals surface area contributed by atoms with Crippen molar-refractivity contribution in [3.05, 3.63) is 0 Å². The van der Waals surface area contributed by atoms with Crippen molar-refractivity contribution in [3.8, 4) is 0 Å². The van der Waals surface area contributed by atoms with Gasteiger partial charge in [-0.25, -0.2) is 0 Å². The second-order valence-corrected chi connectivity index (χ2v) is 5.31. The van der Waals surface area contributed by atoms with E-state index in [1.54, 1.807) is 0 Å². The average Bonchev–Trinajstić information content (AvgIpc) is 2.27. The molecule has 0 aromatic rings. The Morgan fingerprint density at radius 2 is 2.38 bits per heavy atom. The van der Waals surface area contributed by atoms with Gasteiger partial charge in [0.2, 0.25) is 5.91 Å². The molecule has 0 aromatic carbocycles. The summed E-state index contributed by atoms with van der Waals surface area (Å²) >= 11 is 5.03. The smallest absolute Gasteiger partial charge is 0.220 e. The van der Waals surface area contributed by atoms with Crippen LogP contribution in [0.4, 0.5) is 0 Å². The summed E-state index contributed by atoms with van der Waals surface area (Å²) in [5.74, 6) is 0.778. The van der Waals surface area contributed by atoms with Gasteiger partial charge in [0.05, 0.1) is 11.0 Å². The fourth-order valence-corrected chi connectivity index (χ4v) is 2.82. The molecule has 2 fully saturated rings. The van der Waals surface area contributed by atoms with Crippen LogP contribution in [-0.2, 0) is 4.79 Å². The quantitative estimate of drug-likeness (QED) is 0.681. The summed E-state index contributed by atoms with van der Waals surface area (Å²) in [6, 6.07) is 0.546. The first-order chi connectivity index (χ1) is 7.58. The van der Waals surface area contributed by atoms with Gasteiger partial charge in [0.15, 0.2) is 0 Å². The average molecular weight is 241 g/mol. The summed E-state index contributed by atoms with van der Waals surface area (Å²) in [6.45, 7) is 4.04. The number of nitrogens with two attached hydrogens (primary N) is 1. The van der Waals surface area contributed by atoms with Crippen molar-refractivity contribution in [2.45, 2.75) is 38.3 Å². The van der Waals surface area contributed by atoms with Crippen LogP contribution in [0.3, 0.4) is 0 Å². The largest absolute Gasteiger partial charge is 0.392 e. The minimum absolute atomic E-state index is 0.175. The molecule has 0 radical (unpaired) electrons. The van der Waals surface area contributed by atoms with Gasteiger partial charge >= 0.3 is 0 Å². The van der Waals surface area contributed by atoms with E-state index in [0.717, 1.165) is 25.9 Å². The Bertz CT molecular complexity index is 308. The van der Waals surface area contributed by atoms with E-state index in [-0.39, 0.29) is 11.9 Å². The standard InChI is InChI=1S/C11H19N3OS/c1-7(11(12)16)14-5-4-9-8(6-14)2-3-10(15)13-9/h7-9H,2-6H2,1H3,(H2,12,16)(H,13,15). The molecule has 0 aromatic heterocycles. The molecule has 16 heavy (non-hydrogen) atoms. The number of rotatable bonds is 2. The summed E-state index contributed by atoms with van der Waals surface area (Å²) in [6.07, 6.45) is 2.68. The lowest BCUT2D eigenvalue weighted by Gasteiger charge is -2.43. The fourth-order valence-electron chi connectivity index (χ4n) is 2.67. The van der Waals surface area contributed by atoms with Gasteiger partial charge in [-0.1, -0.05) is 12.2 Å². The van der Waals surface area contributed by atoms with E-state index in [1.165, 1.54) is 0 Å². The van der Waals surface area contributed by atoms with E-state index in [9.17, 15) is 4.79 Å². The lowest BCUT2D eigenvalue weighted by atomic mass is 9.84. The molecule has 4 nitrogen and oxygen atoms in total. The zero-order valence-electron chi connectivity index (χ0n) is 9.61. The van der Waals surface area contributed by atoms with Crippen LogP contribution < -0.4 is 11.1 Å². The maximum absolute atomic E-state index is 11.3. The van der Waals surface area contributed by atoms with Crippen LogP contribution in [0.25, 0.3) is 0 Å². The van der Waals surface area contributed by atoms with E-state index in [1.807, 2.05) is 0 Å². The summed E-state index contributed by atoms with van der Waals surface area (Å²) in [4.78, 5) is 14.2. The van der Waals surface area contributed by atoms with E-state index < -0.39 is 0 Å². The third-order valence-electron chi connectivity index (χ3n) is 3.81. The van der Waals surface area contributed by atoms with Gasteiger partial charge in [-0.3, -0.25) is 9.69 Å². The molecule has 3 unspecified atom stereocenters. The van der Waals surface area contributed by atoms with Gasteiger partial charge in [-0.05, 0) is 25.7 Å². The Kier molecular flexibility index (Phi) is 3.44. The second kappa shape index (κ2) is 4.67. The van der Waals surface area contributed by atoms with Gasteiger partial charge in [0.1, 0.15) is 0 Å². The fraction of sp³-hybridized carbons (Fsp3) is 0.818. The molecule has 5 heteroatoms. The molecule has 2 rings (SSSR count). The van der Waals surface area contributed by atoms with Gasteiger partial charge in [-0.2, -0.15) is 0 Å². The van der Waals surface area contributed by atoms with Crippen LogP contribution >= 0.6 is 12.2 Å². The van der Waals surface area contributed by atoms with Crippen molar-refractivity contribution in [3.63, 3.8) is 0 Å². The zero-order valence-corrected chi connectivity index (χ0v) is 10.4. The summed E-state index contributed by atoms with van der Waals surface area (Å²) < 4.78 is 0. The first-order valence-corrected chi connectivity index (χ1v) is 6.31. The molecule has 0 spiro atoms. The molecule has 0 bridgehead atoms. The molecule has 2 heterocycles. The first kappa shape index (κ1) is 11.8. The topological polar surface area (TPSA) is 58.4 Å². The molecule has 2 aliphatic rings. The lowest BCUT2D eigenvalue weighted by Crippen LogP contribution is -2.57. The van der Waals surface area contributed by atoms with Crippen LogP contribution in [0.2, 0.25) is 0 Å². The predicted molar refractivity (Wildman–Crippen MR) is 67.1 cm³/mol. The number of carbonyl (C=O) groups excluding carboxylic acids is 1. The van der Waals surface area contributed by atoms with Crippen molar-refractivity contribution >= 4 is 23.1 Å². The second-order valence-electron chi connectivity index (χ2n) is 4.83. The third-order valence-corrected chi connectivity index (χ3v) is 4.15. The normalized spacial score (nSPS) is 32.7. The highest BCUT2D eigenvalue weighted by Gasteiger charge is 2.35. The van der Waals surface area contributed by atoms with Crippen LogP contribution in [0.5, 0.6) is 0 Å². The Labute approximate surface area is 102 Å². The molecular formula is C11H19N3OS. The van der Waals surface area contributed by atoms with Crippen LogP contribution in [0, 0.1) is 5.92 Å². The number of likely N-dealkylation sites (tertiary alicyclic amines) is 1. The molecule has 3 N–H and O–H groups in total. The number of hydrogen-bond acceptors (Lipinski definition) is 3. The number of amides is 1. The number of carbonyl (C=O) groups is 1. The Morgan fingerprint density at radius 3 is 3.06 bits per heavy atom. The SMILES string of the molecule is CC(C(N)=S)N1CCC2NC(=O)CCC2C1. The van der Waals surface area contributed by atoms with Crippen molar-refractivity contribution in [1.82, 2.24) is 10.2 Å². The lowest BCUT2D eigenvalue weighted by molar-refractivity contribution is -0.125.